The number of unbranched alkanes of at least 4 members (excludes halogenated alkanes) is 1. The van der Waals surface area contributed by atoms with Crippen LogP contribution in [0.1, 0.15) is 40.0 Å². The Hall–Kier alpha value is -0.610. The molecule has 14 heavy (non-hydrogen) atoms. The lowest BCUT2D eigenvalue weighted by molar-refractivity contribution is -0.156. The van der Waals surface area contributed by atoms with Crippen molar-refractivity contribution in [3.05, 3.63) is 0 Å². The number of carbonyl (C=O) groups is 1. The Morgan fingerprint density at radius 1 is 1.43 bits per heavy atom. The smallest absolute Gasteiger partial charge is 0.323 e. The number of esters is 1. The number of carbonyl (C=O) groups excluding carboxylic acids is 1. The van der Waals surface area contributed by atoms with Gasteiger partial charge < -0.3 is 15.6 Å². The first-order chi connectivity index (χ1) is 6.37. The van der Waals surface area contributed by atoms with Crippen LogP contribution < -0.4 is 5.73 Å². The number of aliphatic hydroxyl groups excluding tert-OH is 1. The second-order valence-electron chi connectivity index (χ2n) is 4.36. The van der Waals surface area contributed by atoms with Crippen LogP contribution in [0.4, 0.5) is 0 Å². The molecule has 4 nitrogen and oxygen atoms in total. The Morgan fingerprint density at radius 3 is 2.43 bits per heavy atom. The van der Waals surface area contributed by atoms with Crippen molar-refractivity contribution < 1.29 is 14.6 Å². The summed E-state index contributed by atoms with van der Waals surface area (Å²) in [6.45, 7) is 5.57. The highest BCUT2D eigenvalue weighted by molar-refractivity contribution is 5.75. The largest absolute Gasteiger partial charge is 0.459 e. The molecule has 0 aromatic heterocycles. The molecule has 0 aliphatic heterocycles. The summed E-state index contributed by atoms with van der Waals surface area (Å²) in [6.07, 6.45) is 1.99. The molecule has 0 unspecified atom stereocenters. The molecular formula is C10H21NO3. The first-order valence-corrected chi connectivity index (χ1v) is 4.96. The predicted molar refractivity (Wildman–Crippen MR) is 54.8 cm³/mol. The van der Waals surface area contributed by atoms with E-state index in [1.807, 2.05) is 20.8 Å². The third kappa shape index (κ3) is 6.86. The molecular weight excluding hydrogens is 182 g/mol. The van der Waals surface area contributed by atoms with Gasteiger partial charge in [0.1, 0.15) is 11.6 Å². The summed E-state index contributed by atoms with van der Waals surface area (Å²) in [5.41, 5.74) is 5.13. The maximum absolute atomic E-state index is 11.3. The summed E-state index contributed by atoms with van der Waals surface area (Å²) in [7, 11) is 0. The molecule has 0 saturated heterocycles. The fourth-order valence-corrected chi connectivity index (χ4v) is 0.971. The fraction of sp³-hybridized carbons (Fsp3) is 0.900. The summed E-state index contributed by atoms with van der Waals surface area (Å²) in [5.74, 6) is -0.365. The highest BCUT2D eigenvalue weighted by Gasteiger charge is 2.21. The molecule has 0 bridgehead atoms. The van der Waals surface area contributed by atoms with Crippen molar-refractivity contribution in [3.63, 3.8) is 0 Å². The molecule has 0 aliphatic rings. The van der Waals surface area contributed by atoms with Gasteiger partial charge in [0.05, 0.1) is 0 Å². The number of aliphatic hydroxyl groups is 1. The maximum Gasteiger partial charge on any atom is 0.323 e. The highest BCUT2D eigenvalue weighted by atomic mass is 16.6. The van der Waals surface area contributed by atoms with Crippen molar-refractivity contribution in [1.29, 1.82) is 0 Å². The molecule has 0 aromatic carbocycles. The van der Waals surface area contributed by atoms with Gasteiger partial charge in [-0.3, -0.25) is 4.79 Å². The number of ether oxygens (including phenoxy) is 1. The Balaban J connectivity index is 3.77. The van der Waals surface area contributed by atoms with Crippen LogP contribution in [0, 0.1) is 0 Å². The first kappa shape index (κ1) is 13.4. The van der Waals surface area contributed by atoms with E-state index in [-0.39, 0.29) is 12.6 Å². The van der Waals surface area contributed by atoms with E-state index in [4.69, 9.17) is 15.6 Å². The van der Waals surface area contributed by atoms with Crippen molar-refractivity contribution >= 4 is 5.97 Å². The van der Waals surface area contributed by atoms with E-state index < -0.39 is 11.6 Å². The highest BCUT2D eigenvalue weighted by Crippen LogP contribution is 2.09. The van der Waals surface area contributed by atoms with Crippen LogP contribution >= 0.6 is 0 Å². The monoisotopic (exact) mass is 203 g/mol. The summed E-state index contributed by atoms with van der Waals surface area (Å²) < 4.78 is 5.10. The van der Waals surface area contributed by atoms with Crippen LogP contribution in [0.2, 0.25) is 0 Å². The molecule has 0 saturated carbocycles. The third-order valence-corrected chi connectivity index (χ3v) is 1.63. The quantitative estimate of drug-likeness (QED) is 0.512. The van der Waals surface area contributed by atoms with Gasteiger partial charge in [-0.25, -0.2) is 0 Å². The summed E-state index contributed by atoms with van der Waals surface area (Å²) in [6, 6.07) is -0.569. The Bertz CT molecular complexity index is 175. The van der Waals surface area contributed by atoms with Crippen molar-refractivity contribution in [3.8, 4) is 0 Å². The standard InChI is InChI=1S/C10H21NO3/c1-10(2,3)14-9(13)8(11)6-4-5-7-12/h8,12H,4-7,11H2,1-3H3/t8-/m0/s1. The van der Waals surface area contributed by atoms with Gasteiger partial charge in [-0.05, 0) is 40.0 Å². The van der Waals surface area contributed by atoms with Gasteiger partial charge in [-0.1, -0.05) is 0 Å². The minimum Gasteiger partial charge on any atom is -0.459 e. The van der Waals surface area contributed by atoms with Crippen molar-refractivity contribution in [2.45, 2.75) is 51.7 Å². The van der Waals surface area contributed by atoms with E-state index in [1.165, 1.54) is 0 Å². The normalized spacial score (nSPS) is 13.8. The SMILES string of the molecule is CC(C)(C)OC(=O)[C@@H](N)CCCCO. The molecule has 3 N–H and O–H groups in total. The van der Waals surface area contributed by atoms with E-state index in [0.29, 0.717) is 12.8 Å². The van der Waals surface area contributed by atoms with Gasteiger partial charge in [0.25, 0.3) is 0 Å². The summed E-state index contributed by atoms with van der Waals surface area (Å²) in [5, 5.41) is 8.55. The van der Waals surface area contributed by atoms with E-state index in [9.17, 15) is 4.79 Å². The maximum atomic E-state index is 11.3. The van der Waals surface area contributed by atoms with Crippen LogP contribution in [0.5, 0.6) is 0 Å². The van der Waals surface area contributed by atoms with E-state index >= 15 is 0 Å². The lowest BCUT2D eigenvalue weighted by atomic mass is 10.1. The summed E-state index contributed by atoms with van der Waals surface area (Å²) >= 11 is 0. The molecule has 0 aliphatic carbocycles. The molecule has 0 spiro atoms. The van der Waals surface area contributed by atoms with E-state index in [1.54, 1.807) is 0 Å². The van der Waals surface area contributed by atoms with Crippen LogP contribution in [-0.2, 0) is 9.53 Å². The lowest BCUT2D eigenvalue weighted by Gasteiger charge is -2.22. The fourth-order valence-electron chi connectivity index (χ4n) is 0.971. The van der Waals surface area contributed by atoms with Gasteiger partial charge in [0.2, 0.25) is 0 Å². The number of hydrogen-bond acceptors (Lipinski definition) is 4. The molecule has 1 atom stereocenters. The molecule has 0 amide bonds. The Kier molecular flexibility index (Phi) is 5.72. The first-order valence-electron chi connectivity index (χ1n) is 4.96. The summed E-state index contributed by atoms with van der Waals surface area (Å²) in [4.78, 5) is 11.3. The molecule has 0 aromatic rings. The average Bonchev–Trinajstić information content (AvgIpc) is 2.01. The molecule has 0 radical (unpaired) electrons. The molecule has 84 valence electrons. The van der Waals surface area contributed by atoms with Crippen molar-refractivity contribution in [1.82, 2.24) is 0 Å². The molecule has 0 heterocycles. The zero-order valence-corrected chi connectivity index (χ0v) is 9.25. The Labute approximate surface area is 85.4 Å². The van der Waals surface area contributed by atoms with Crippen LogP contribution in [-0.4, -0.2) is 29.3 Å². The average molecular weight is 203 g/mol. The van der Waals surface area contributed by atoms with E-state index in [0.717, 1.165) is 6.42 Å². The molecule has 4 heteroatoms. The minimum atomic E-state index is -0.569. The second kappa shape index (κ2) is 5.98. The van der Waals surface area contributed by atoms with Crippen molar-refractivity contribution in [2.24, 2.45) is 5.73 Å². The predicted octanol–water partition coefficient (Wildman–Crippen LogP) is 0.818. The van der Waals surface area contributed by atoms with Gasteiger partial charge >= 0.3 is 5.97 Å². The number of nitrogens with two attached hydrogens (primary N) is 1. The lowest BCUT2D eigenvalue weighted by Crippen LogP contribution is -2.37. The van der Waals surface area contributed by atoms with Crippen molar-refractivity contribution in [2.75, 3.05) is 6.61 Å². The van der Waals surface area contributed by atoms with Gasteiger partial charge in [0.15, 0.2) is 0 Å². The van der Waals surface area contributed by atoms with Crippen LogP contribution in [0.15, 0.2) is 0 Å². The topological polar surface area (TPSA) is 72.5 Å². The number of hydrogen-bond donors (Lipinski definition) is 2. The van der Waals surface area contributed by atoms with Gasteiger partial charge in [-0.2, -0.15) is 0 Å². The van der Waals surface area contributed by atoms with Gasteiger partial charge in [-0.15, -0.1) is 0 Å². The zero-order chi connectivity index (χ0) is 11.2. The molecule has 0 fully saturated rings. The number of rotatable bonds is 5. The van der Waals surface area contributed by atoms with Crippen LogP contribution in [0.25, 0.3) is 0 Å². The Morgan fingerprint density at radius 2 is 2.00 bits per heavy atom. The van der Waals surface area contributed by atoms with Gasteiger partial charge in [0, 0.05) is 6.61 Å². The third-order valence-electron chi connectivity index (χ3n) is 1.63. The van der Waals surface area contributed by atoms with Crippen LogP contribution in [0.3, 0.4) is 0 Å². The van der Waals surface area contributed by atoms with E-state index in [2.05, 4.69) is 0 Å². The minimum absolute atomic E-state index is 0.140. The molecule has 0 rings (SSSR count). The second-order valence-corrected chi connectivity index (χ2v) is 4.36. The zero-order valence-electron chi connectivity index (χ0n) is 9.25.